The number of nitrogens with one attached hydrogen (secondary N) is 2. The molecule has 41 heavy (non-hydrogen) atoms. The van der Waals surface area contributed by atoms with Crippen molar-refractivity contribution < 1.29 is 31.1 Å². The molecule has 3 aromatic carbocycles. The fraction of sp³-hybridized carbons (Fsp3) is 0.148. The molecular formula is C27H25N5O7S2. The SMILES string of the molecule is Cc1ccnc(NS(=O)(=O)c2ccc(NC(=O)CN(c3ccc4c(c3)OCCO4)S(=O)(=O)c3ccccc3)cc2)n1. The van der Waals surface area contributed by atoms with Crippen molar-refractivity contribution in [2.75, 3.05) is 34.1 Å². The lowest BCUT2D eigenvalue weighted by Crippen LogP contribution is -2.38. The van der Waals surface area contributed by atoms with Crippen molar-refractivity contribution >= 4 is 43.3 Å². The van der Waals surface area contributed by atoms with Gasteiger partial charge in [0.1, 0.15) is 19.8 Å². The molecule has 4 aromatic rings. The van der Waals surface area contributed by atoms with Crippen LogP contribution in [0.5, 0.6) is 11.5 Å². The predicted molar refractivity (Wildman–Crippen MR) is 151 cm³/mol. The van der Waals surface area contributed by atoms with Crippen LogP contribution in [0.3, 0.4) is 0 Å². The second kappa shape index (κ2) is 11.4. The van der Waals surface area contributed by atoms with Gasteiger partial charge in [0, 0.05) is 23.6 Å². The van der Waals surface area contributed by atoms with Gasteiger partial charge in [0.25, 0.3) is 20.0 Å². The van der Waals surface area contributed by atoms with Crippen molar-refractivity contribution in [3.8, 4) is 11.5 Å². The largest absolute Gasteiger partial charge is 0.486 e. The molecule has 1 aliphatic heterocycles. The molecule has 212 valence electrons. The fourth-order valence-electron chi connectivity index (χ4n) is 3.95. The average molecular weight is 596 g/mol. The molecule has 0 bridgehead atoms. The van der Waals surface area contributed by atoms with Gasteiger partial charge in [0.05, 0.1) is 15.5 Å². The van der Waals surface area contributed by atoms with E-state index >= 15 is 0 Å². The molecule has 5 rings (SSSR count). The van der Waals surface area contributed by atoms with Crippen LogP contribution in [0.1, 0.15) is 5.69 Å². The van der Waals surface area contributed by atoms with Gasteiger partial charge < -0.3 is 14.8 Å². The van der Waals surface area contributed by atoms with Gasteiger partial charge in [0.2, 0.25) is 11.9 Å². The molecule has 14 heteroatoms. The van der Waals surface area contributed by atoms with Gasteiger partial charge >= 0.3 is 0 Å². The van der Waals surface area contributed by atoms with Gasteiger partial charge in [-0.05, 0) is 61.5 Å². The van der Waals surface area contributed by atoms with Crippen molar-refractivity contribution in [3.05, 3.63) is 90.8 Å². The van der Waals surface area contributed by atoms with Crippen LogP contribution in [0.2, 0.25) is 0 Å². The van der Waals surface area contributed by atoms with E-state index in [4.69, 9.17) is 9.47 Å². The van der Waals surface area contributed by atoms with E-state index in [9.17, 15) is 21.6 Å². The molecule has 12 nitrogen and oxygen atoms in total. The minimum Gasteiger partial charge on any atom is -0.486 e. The number of hydrogen-bond acceptors (Lipinski definition) is 9. The molecule has 0 atom stereocenters. The first-order valence-corrected chi connectivity index (χ1v) is 15.2. The highest BCUT2D eigenvalue weighted by atomic mass is 32.2. The molecule has 1 aromatic heterocycles. The molecule has 2 N–H and O–H groups in total. The molecule has 1 amide bonds. The van der Waals surface area contributed by atoms with Gasteiger partial charge in [-0.15, -0.1) is 0 Å². The molecular weight excluding hydrogens is 570 g/mol. The van der Waals surface area contributed by atoms with Crippen LogP contribution >= 0.6 is 0 Å². The second-order valence-electron chi connectivity index (χ2n) is 8.85. The maximum absolute atomic E-state index is 13.6. The Morgan fingerprint density at radius 3 is 2.29 bits per heavy atom. The second-order valence-corrected chi connectivity index (χ2v) is 12.4. The van der Waals surface area contributed by atoms with Gasteiger partial charge in [0.15, 0.2) is 11.5 Å². The molecule has 0 unspecified atom stereocenters. The lowest BCUT2D eigenvalue weighted by molar-refractivity contribution is -0.114. The highest BCUT2D eigenvalue weighted by Gasteiger charge is 2.28. The summed E-state index contributed by atoms with van der Waals surface area (Å²) >= 11 is 0. The minimum absolute atomic E-state index is 0.00216. The van der Waals surface area contributed by atoms with Crippen LogP contribution in [0.4, 0.5) is 17.3 Å². The quantitative estimate of drug-likeness (QED) is 0.297. The van der Waals surface area contributed by atoms with Crippen LogP contribution < -0.4 is 23.8 Å². The van der Waals surface area contributed by atoms with Crippen molar-refractivity contribution in [3.63, 3.8) is 0 Å². The number of hydrogen-bond donors (Lipinski definition) is 2. The summed E-state index contributed by atoms with van der Waals surface area (Å²) in [6, 6.07) is 19.4. The van der Waals surface area contributed by atoms with E-state index in [1.54, 1.807) is 37.3 Å². The third-order valence-corrected chi connectivity index (χ3v) is 9.03. The highest BCUT2D eigenvalue weighted by molar-refractivity contribution is 7.93. The van der Waals surface area contributed by atoms with Gasteiger partial charge in [-0.25, -0.2) is 31.5 Å². The van der Waals surface area contributed by atoms with E-state index in [-0.39, 0.29) is 27.1 Å². The summed E-state index contributed by atoms with van der Waals surface area (Å²) in [5.41, 5.74) is 1.06. The molecule has 1 aliphatic rings. The number of fused-ring (bicyclic) bond motifs is 1. The van der Waals surface area contributed by atoms with E-state index < -0.39 is 32.5 Å². The van der Waals surface area contributed by atoms with Crippen molar-refractivity contribution in [1.29, 1.82) is 0 Å². The minimum atomic E-state index is -4.15. The zero-order valence-corrected chi connectivity index (χ0v) is 23.4. The van der Waals surface area contributed by atoms with Gasteiger partial charge in [-0.2, -0.15) is 0 Å². The first kappa shape index (κ1) is 27.9. The number of rotatable bonds is 9. The Morgan fingerprint density at radius 1 is 0.878 bits per heavy atom. The number of carbonyl (C=O) groups is 1. The molecule has 0 fully saturated rings. The summed E-state index contributed by atoms with van der Waals surface area (Å²) in [5.74, 6) is 0.117. The predicted octanol–water partition coefficient (Wildman–Crippen LogP) is 3.19. The smallest absolute Gasteiger partial charge is 0.264 e. The molecule has 0 aliphatic carbocycles. The lowest BCUT2D eigenvalue weighted by atomic mass is 10.2. The third-order valence-electron chi connectivity index (χ3n) is 5.90. The topological polar surface area (TPSA) is 157 Å². The Hall–Kier alpha value is -4.69. The zero-order valence-electron chi connectivity index (χ0n) is 21.7. The number of aromatic nitrogens is 2. The average Bonchev–Trinajstić information content (AvgIpc) is 2.96. The van der Waals surface area contributed by atoms with Crippen LogP contribution in [-0.2, 0) is 24.8 Å². The first-order valence-electron chi connectivity index (χ1n) is 12.3. The normalized spacial score (nSPS) is 12.8. The summed E-state index contributed by atoms with van der Waals surface area (Å²) in [7, 11) is -8.14. The number of nitrogens with zero attached hydrogens (tertiary/aromatic N) is 3. The Balaban J connectivity index is 1.36. The number of aryl methyl sites for hydroxylation is 1. The molecule has 0 spiro atoms. The zero-order chi connectivity index (χ0) is 29.0. The van der Waals surface area contributed by atoms with Crippen LogP contribution in [0.25, 0.3) is 0 Å². The summed E-state index contributed by atoms with van der Waals surface area (Å²) in [6.07, 6.45) is 1.44. The standard InChI is InChI=1S/C27H25N5O7S2/c1-19-13-14-28-27(29-19)31-40(34,35)22-10-7-20(8-11-22)30-26(33)18-32(41(36,37)23-5-3-2-4-6-23)21-9-12-24-25(17-21)39-16-15-38-24/h2-14,17H,15-16,18H2,1H3,(H,30,33)(H,28,29,31). The van der Waals surface area contributed by atoms with Gasteiger partial charge in [-0.3, -0.25) is 9.10 Å². The molecule has 2 heterocycles. The number of sulfonamides is 2. The van der Waals surface area contributed by atoms with E-state index in [1.165, 1.54) is 54.7 Å². The first-order chi connectivity index (χ1) is 19.6. The highest BCUT2D eigenvalue weighted by Crippen LogP contribution is 2.35. The lowest BCUT2D eigenvalue weighted by Gasteiger charge is -2.26. The summed E-state index contributed by atoms with van der Waals surface area (Å²) in [4.78, 5) is 21.0. The molecule has 0 saturated heterocycles. The van der Waals surface area contributed by atoms with E-state index in [0.717, 1.165) is 4.31 Å². The number of benzene rings is 3. The van der Waals surface area contributed by atoms with Crippen molar-refractivity contribution in [1.82, 2.24) is 9.97 Å². The maximum Gasteiger partial charge on any atom is 0.264 e. The molecule has 0 radical (unpaired) electrons. The van der Waals surface area contributed by atoms with Crippen LogP contribution in [0, 0.1) is 6.92 Å². The number of ether oxygens (including phenoxy) is 2. The fourth-order valence-corrected chi connectivity index (χ4v) is 6.33. The summed E-state index contributed by atoms with van der Waals surface area (Å²) < 4.78 is 67.1. The monoisotopic (exact) mass is 595 g/mol. The third kappa shape index (κ3) is 6.39. The Labute approximate surface area is 237 Å². The Bertz CT molecular complexity index is 1780. The van der Waals surface area contributed by atoms with Crippen LogP contribution in [0.15, 0.2) is 94.9 Å². The Kier molecular flexibility index (Phi) is 7.77. The van der Waals surface area contributed by atoms with E-state index in [1.807, 2.05) is 0 Å². The summed E-state index contributed by atoms with van der Waals surface area (Å²) in [6.45, 7) is 1.82. The number of amides is 1. The van der Waals surface area contributed by atoms with E-state index in [0.29, 0.717) is 30.4 Å². The number of carbonyl (C=O) groups excluding carboxylic acids is 1. The van der Waals surface area contributed by atoms with Crippen molar-refractivity contribution in [2.24, 2.45) is 0 Å². The molecule has 0 saturated carbocycles. The summed E-state index contributed by atoms with van der Waals surface area (Å²) in [5, 5.41) is 2.62. The maximum atomic E-state index is 13.6. The van der Waals surface area contributed by atoms with Crippen molar-refractivity contribution in [2.45, 2.75) is 16.7 Å². The van der Waals surface area contributed by atoms with Gasteiger partial charge in [-0.1, -0.05) is 18.2 Å². The van der Waals surface area contributed by atoms with E-state index in [2.05, 4.69) is 20.0 Å². The van der Waals surface area contributed by atoms with Crippen LogP contribution in [-0.4, -0.2) is 52.5 Å². The number of anilines is 3. The Morgan fingerprint density at radius 2 is 1.59 bits per heavy atom.